The number of amides is 2. The van der Waals surface area contributed by atoms with Crippen LogP contribution in [-0.4, -0.2) is 53.1 Å². The number of benzene rings is 1. The van der Waals surface area contributed by atoms with Crippen LogP contribution >= 0.6 is 0 Å². The molecule has 1 aromatic rings. The van der Waals surface area contributed by atoms with Crippen molar-refractivity contribution in [2.24, 2.45) is 5.73 Å². The van der Waals surface area contributed by atoms with Gasteiger partial charge >= 0.3 is 12.1 Å². The lowest BCUT2D eigenvalue weighted by Gasteiger charge is -2.27. The Morgan fingerprint density at radius 1 is 1.26 bits per heavy atom. The maximum absolute atomic E-state index is 12.8. The molecule has 148 valence electrons. The van der Waals surface area contributed by atoms with Crippen molar-refractivity contribution in [3.8, 4) is 0 Å². The van der Waals surface area contributed by atoms with Gasteiger partial charge in [0, 0.05) is 6.54 Å². The van der Waals surface area contributed by atoms with E-state index in [2.05, 4.69) is 5.32 Å². The smallest absolute Gasteiger partial charge is 0.408 e. The van der Waals surface area contributed by atoms with Crippen molar-refractivity contribution in [1.82, 2.24) is 10.2 Å². The minimum atomic E-state index is -1.02. The number of hydrogen-bond acceptors (Lipinski definition) is 5. The summed E-state index contributed by atoms with van der Waals surface area (Å²) in [5, 5.41) is 11.9. The van der Waals surface area contributed by atoms with E-state index >= 15 is 0 Å². The summed E-state index contributed by atoms with van der Waals surface area (Å²) < 4.78 is 5.19. The third kappa shape index (κ3) is 6.25. The van der Waals surface area contributed by atoms with Crippen LogP contribution in [-0.2, 0) is 20.9 Å². The highest BCUT2D eigenvalue weighted by Gasteiger charge is 2.37. The number of hydrogen-bond donors (Lipinski definition) is 3. The molecule has 0 saturated carbocycles. The first-order chi connectivity index (χ1) is 13.0. The summed E-state index contributed by atoms with van der Waals surface area (Å²) in [5.41, 5.74) is 6.34. The van der Waals surface area contributed by atoms with Gasteiger partial charge in [-0.3, -0.25) is 4.79 Å². The molecule has 2 rings (SSSR count). The molecule has 1 fully saturated rings. The fraction of sp³-hybridized carbons (Fsp3) is 0.526. The van der Waals surface area contributed by atoms with E-state index < -0.39 is 24.1 Å². The molecule has 8 nitrogen and oxygen atoms in total. The average molecular weight is 377 g/mol. The van der Waals surface area contributed by atoms with Crippen molar-refractivity contribution < 1.29 is 24.2 Å². The van der Waals surface area contributed by atoms with Gasteiger partial charge in [-0.25, -0.2) is 9.59 Å². The maximum atomic E-state index is 12.8. The number of carboxylic acids is 1. The first-order valence-electron chi connectivity index (χ1n) is 9.23. The molecule has 2 atom stereocenters. The molecule has 1 aliphatic rings. The zero-order chi connectivity index (χ0) is 19.6. The second-order valence-corrected chi connectivity index (χ2v) is 6.57. The van der Waals surface area contributed by atoms with Crippen molar-refractivity contribution in [3.05, 3.63) is 35.9 Å². The number of alkyl carbamates (subject to hydrolysis) is 1. The molecule has 1 saturated heterocycles. The van der Waals surface area contributed by atoms with Crippen LogP contribution in [0.1, 0.15) is 37.7 Å². The summed E-state index contributed by atoms with van der Waals surface area (Å²) >= 11 is 0. The zero-order valence-corrected chi connectivity index (χ0v) is 15.3. The van der Waals surface area contributed by atoms with Gasteiger partial charge in [-0.15, -0.1) is 0 Å². The van der Waals surface area contributed by atoms with Gasteiger partial charge < -0.3 is 25.8 Å². The Bertz CT molecular complexity index is 637. The van der Waals surface area contributed by atoms with Crippen molar-refractivity contribution in [1.29, 1.82) is 0 Å². The normalized spacial score (nSPS) is 17.4. The third-order valence-corrected chi connectivity index (χ3v) is 4.57. The number of unbranched alkanes of at least 4 members (excludes halogenated alkanes) is 1. The van der Waals surface area contributed by atoms with E-state index in [9.17, 15) is 19.5 Å². The van der Waals surface area contributed by atoms with Gasteiger partial charge in [-0.05, 0) is 44.2 Å². The lowest BCUT2D eigenvalue weighted by Crippen LogP contribution is -2.51. The molecule has 0 bridgehead atoms. The highest BCUT2D eigenvalue weighted by molar-refractivity contribution is 5.89. The second-order valence-electron chi connectivity index (χ2n) is 6.57. The Hall–Kier alpha value is -2.61. The second kappa shape index (κ2) is 10.5. The Morgan fingerprint density at radius 3 is 2.67 bits per heavy atom. The molecule has 1 heterocycles. The number of carbonyl (C=O) groups is 3. The SMILES string of the molecule is NCCCCC(NC(=O)OCc1ccccc1)C(=O)N1CCCC1C(=O)O. The molecule has 0 spiro atoms. The van der Waals surface area contributed by atoms with Gasteiger partial charge in [-0.2, -0.15) is 0 Å². The standard InChI is InChI=1S/C19H27N3O5/c20-11-5-4-9-15(17(23)22-12-6-10-16(22)18(24)25)21-19(26)27-13-14-7-2-1-3-8-14/h1-3,7-8,15-16H,4-6,9-13,20H2,(H,21,26)(H,24,25). The number of nitrogens with two attached hydrogens (primary N) is 1. The number of rotatable bonds is 9. The number of nitrogens with zero attached hydrogens (tertiary/aromatic N) is 1. The predicted octanol–water partition coefficient (Wildman–Crippen LogP) is 1.49. The zero-order valence-electron chi connectivity index (χ0n) is 15.3. The molecule has 2 unspecified atom stereocenters. The lowest BCUT2D eigenvalue weighted by atomic mass is 10.1. The van der Waals surface area contributed by atoms with Gasteiger partial charge in [-0.1, -0.05) is 30.3 Å². The third-order valence-electron chi connectivity index (χ3n) is 4.57. The molecule has 0 aliphatic carbocycles. The van der Waals surface area contributed by atoms with Crippen molar-refractivity contribution in [2.45, 2.75) is 50.8 Å². The van der Waals surface area contributed by atoms with Gasteiger partial charge in [0.2, 0.25) is 5.91 Å². The molecule has 2 amide bonds. The number of aliphatic carboxylic acids is 1. The first-order valence-corrected chi connectivity index (χ1v) is 9.23. The summed E-state index contributed by atoms with van der Waals surface area (Å²) in [6.07, 6.45) is 2.12. The molecular weight excluding hydrogens is 350 g/mol. The van der Waals surface area contributed by atoms with Gasteiger partial charge in [0.25, 0.3) is 0 Å². The molecule has 1 aromatic carbocycles. The minimum absolute atomic E-state index is 0.0951. The molecular formula is C19H27N3O5. The van der Waals surface area contributed by atoms with Gasteiger partial charge in [0.15, 0.2) is 0 Å². The number of ether oxygens (including phenoxy) is 1. The van der Waals surface area contributed by atoms with Crippen LogP contribution < -0.4 is 11.1 Å². The van der Waals surface area contributed by atoms with Crippen LogP contribution in [0.4, 0.5) is 4.79 Å². The maximum Gasteiger partial charge on any atom is 0.408 e. The molecule has 0 aromatic heterocycles. The fourth-order valence-electron chi connectivity index (χ4n) is 3.14. The number of likely N-dealkylation sites (tertiary alicyclic amines) is 1. The van der Waals surface area contributed by atoms with Crippen LogP contribution in [0.5, 0.6) is 0 Å². The lowest BCUT2D eigenvalue weighted by molar-refractivity contribution is -0.149. The highest BCUT2D eigenvalue weighted by atomic mass is 16.5. The monoisotopic (exact) mass is 377 g/mol. The van der Waals surface area contributed by atoms with Crippen LogP contribution in [0.3, 0.4) is 0 Å². The predicted molar refractivity (Wildman–Crippen MR) is 98.8 cm³/mol. The van der Waals surface area contributed by atoms with Crippen molar-refractivity contribution >= 4 is 18.0 Å². The topological polar surface area (TPSA) is 122 Å². The van der Waals surface area contributed by atoms with E-state index in [1.807, 2.05) is 30.3 Å². The molecule has 0 radical (unpaired) electrons. The summed E-state index contributed by atoms with van der Waals surface area (Å²) in [6.45, 7) is 0.961. The summed E-state index contributed by atoms with van der Waals surface area (Å²) in [4.78, 5) is 37.7. The highest BCUT2D eigenvalue weighted by Crippen LogP contribution is 2.20. The van der Waals surface area contributed by atoms with Crippen molar-refractivity contribution in [2.75, 3.05) is 13.1 Å². The largest absolute Gasteiger partial charge is 0.480 e. The molecule has 8 heteroatoms. The van der Waals surface area contributed by atoms with Crippen LogP contribution in [0.15, 0.2) is 30.3 Å². The number of carboxylic acid groups (broad SMARTS) is 1. The Kier molecular flexibility index (Phi) is 8.06. The summed E-state index contributed by atoms with van der Waals surface area (Å²) in [5.74, 6) is -1.40. The Labute approximate surface area is 158 Å². The van der Waals surface area contributed by atoms with Gasteiger partial charge in [0.05, 0.1) is 0 Å². The number of nitrogens with one attached hydrogen (secondary N) is 1. The molecule has 27 heavy (non-hydrogen) atoms. The van der Waals surface area contributed by atoms with Gasteiger partial charge in [0.1, 0.15) is 18.7 Å². The van der Waals surface area contributed by atoms with E-state index in [1.165, 1.54) is 4.90 Å². The number of carbonyl (C=O) groups excluding carboxylic acids is 2. The minimum Gasteiger partial charge on any atom is -0.480 e. The van der Waals surface area contributed by atoms with E-state index in [4.69, 9.17) is 10.5 Å². The Balaban J connectivity index is 1.96. The van der Waals surface area contributed by atoms with E-state index in [1.54, 1.807) is 0 Å². The quantitative estimate of drug-likeness (QED) is 0.561. The molecule has 4 N–H and O–H groups in total. The molecule has 1 aliphatic heterocycles. The fourth-order valence-corrected chi connectivity index (χ4v) is 3.14. The summed E-state index contributed by atoms with van der Waals surface area (Å²) in [7, 11) is 0. The first kappa shape index (κ1) is 20.7. The van der Waals surface area contributed by atoms with Crippen molar-refractivity contribution in [3.63, 3.8) is 0 Å². The van der Waals surface area contributed by atoms with Crippen LogP contribution in [0, 0.1) is 0 Å². The summed E-state index contributed by atoms with van der Waals surface area (Å²) in [6, 6.07) is 7.56. The van der Waals surface area contributed by atoms with Crippen LogP contribution in [0.25, 0.3) is 0 Å². The van der Waals surface area contributed by atoms with E-state index in [-0.39, 0.29) is 12.5 Å². The average Bonchev–Trinajstić information content (AvgIpc) is 3.16. The van der Waals surface area contributed by atoms with Crippen LogP contribution in [0.2, 0.25) is 0 Å². The van der Waals surface area contributed by atoms with E-state index in [0.29, 0.717) is 45.2 Å². The Morgan fingerprint density at radius 2 is 2.00 bits per heavy atom. The van der Waals surface area contributed by atoms with E-state index in [0.717, 1.165) is 5.56 Å².